The van der Waals surface area contributed by atoms with Gasteiger partial charge in [0, 0.05) is 5.75 Å². The number of carbonyl (C=O) groups excluding carboxylic acids is 1. The van der Waals surface area contributed by atoms with Gasteiger partial charge in [-0.25, -0.2) is 13.4 Å². The third-order valence-corrected chi connectivity index (χ3v) is 7.62. The third kappa shape index (κ3) is 2.50. The molecule has 1 fully saturated rings. The van der Waals surface area contributed by atoms with Crippen molar-refractivity contribution in [2.24, 2.45) is 0 Å². The summed E-state index contributed by atoms with van der Waals surface area (Å²) in [6, 6.07) is 2.42. The van der Waals surface area contributed by atoms with Gasteiger partial charge in [-0.15, -0.1) is 23.1 Å². The fourth-order valence-corrected chi connectivity index (χ4v) is 6.75. The molecule has 1 aromatic heterocycles. The lowest BCUT2D eigenvalue weighted by Crippen LogP contribution is -2.42. The molecule has 118 valence electrons. The van der Waals surface area contributed by atoms with Crippen molar-refractivity contribution in [1.82, 2.24) is 9.29 Å². The Balaban J connectivity index is 2.14. The van der Waals surface area contributed by atoms with Gasteiger partial charge in [0.1, 0.15) is 16.5 Å². The molecule has 0 amide bonds. The predicted octanol–water partition coefficient (Wildman–Crippen LogP) is 2.19. The molecule has 2 heterocycles. The highest BCUT2D eigenvalue weighted by Gasteiger charge is 2.42. The number of esters is 1. The number of hydrogen-bond donors (Lipinski definition) is 0. The van der Waals surface area contributed by atoms with Crippen LogP contribution in [-0.2, 0) is 19.6 Å². The zero-order valence-electron chi connectivity index (χ0n) is 11.4. The molecule has 0 spiro atoms. The number of hydrogen-bond acceptors (Lipinski definition) is 7. The number of thioether (sulfide) groups is 1. The number of halogens is 1. The number of nitrogens with zero attached hydrogens (tertiary/aromatic N) is 2. The smallest absolute Gasteiger partial charge is 0.325 e. The summed E-state index contributed by atoms with van der Waals surface area (Å²) in [7, 11) is -2.71. The zero-order chi connectivity index (χ0) is 15.9. The Kier molecular flexibility index (Phi) is 4.34. The molecule has 10 heteroatoms. The number of benzene rings is 1. The molecule has 2 aromatic rings. The van der Waals surface area contributed by atoms with Gasteiger partial charge in [-0.2, -0.15) is 4.31 Å². The predicted molar refractivity (Wildman–Crippen MR) is 86.8 cm³/mol. The largest absolute Gasteiger partial charge is 0.468 e. The van der Waals surface area contributed by atoms with E-state index in [4.69, 9.17) is 16.3 Å². The summed E-state index contributed by atoms with van der Waals surface area (Å²) in [6.45, 7) is 0. The lowest BCUT2D eigenvalue weighted by atomic mass is 10.3. The molecular formula is C12H11ClN2O4S3. The Labute approximate surface area is 140 Å². The molecule has 1 aliphatic rings. The van der Waals surface area contributed by atoms with E-state index in [1.807, 2.05) is 0 Å². The number of sulfonamides is 1. The zero-order valence-corrected chi connectivity index (χ0v) is 14.6. The summed E-state index contributed by atoms with van der Waals surface area (Å²) in [5.74, 6) is -0.0367. The number of carbonyl (C=O) groups is 1. The van der Waals surface area contributed by atoms with E-state index in [-0.39, 0.29) is 15.8 Å². The number of ether oxygens (including phenoxy) is 1. The monoisotopic (exact) mass is 378 g/mol. The molecule has 1 aromatic carbocycles. The molecule has 0 radical (unpaired) electrons. The highest BCUT2D eigenvalue weighted by molar-refractivity contribution is 8.00. The van der Waals surface area contributed by atoms with Gasteiger partial charge in [-0.1, -0.05) is 11.6 Å². The highest BCUT2D eigenvalue weighted by atomic mass is 35.5. The molecule has 1 aliphatic heterocycles. The first-order valence-corrected chi connectivity index (χ1v) is 10.0. The van der Waals surface area contributed by atoms with Gasteiger partial charge in [0.15, 0.2) is 0 Å². The van der Waals surface area contributed by atoms with Crippen molar-refractivity contribution >= 4 is 60.9 Å². The van der Waals surface area contributed by atoms with Crippen molar-refractivity contribution in [3.63, 3.8) is 0 Å². The minimum absolute atomic E-state index is 0.0516. The Morgan fingerprint density at radius 3 is 3.00 bits per heavy atom. The number of methoxy groups -OCH3 is 1. The van der Waals surface area contributed by atoms with Gasteiger partial charge in [-0.3, -0.25) is 4.79 Å². The van der Waals surface area contributed by atoms with Crippen LogP contribution in [-0.4, -0.2) is 48.5 Å². The van der Waals surface area contributed by atoms with Crippen LogP contribution in [0.5, 0.6) is 0 Å². The van der Waals surface area contributed by atoms with Gasteiger partial charge in [0.2, 0.25) is 10.0 Å². The van der Waals surface area contributed by atoms with E-state index in [1.54, 1.807) is 11.6 Å². The van der Waals surface area contributed by atoms with E-state index in [1.165, 1.54) is 36.3 Å². The molecule has 0 saturated carbocycles. The van der Waals surface area contributed by atoms with Crippen LogP contribution in [0.4, 0.5) is 0 Å². The fraction of sp³-hybridized carbons (Fsp3) is 0.333. The molecule has 1 saturated heterocycles. The van der Waals surface area contributed by atoms with Crippen molar-refractivity contribution in [3.8, 4) is 0 Å². The molecule has 1 atom stereocenters. The maximum atomic E-state index is 13.0. The van der Waals surface area contributed by atoms with Gasteiger partial charge < -0.3 is 4.74 Å². The quantitative estimate of drug-likeness (QED) is 0.762. The summed E-state index contributed by atoms with van der Waals surface area (Å²) in [6.07, 6.45) is 0. The summed E-state index contributed by atoms with van der Waals surface area (Å²) in [5, 5.41) is 0.0962. The normalized spacial score (nSPS) is 19.6. The summed E-state index contributed by atoms with van der Waals surface area (Å²) < 4.78 is 32.5. The topological polar surface area (TPSA) is 76.6 Å². The standard InChI is InChI=1S/C12H11ClN2O4S3/c1-19-12(16)8-4-20-6-15(8)22(17,18)11-7(13)2-3-9-10(11)14-5-21-9/h2-3,5,8H,4,6H2,1H3. The average Bonchev–Trinajstić information content (AvgIpc) is 3.14. The molecule has 22 heavy (non-hydrogen) atoms. The second kappa shape index (κ2) is 5.97. The molecule has 0 bridgehead atoms. The van der Waals surface area contributed by atoms with Crippen molar-refractivity contribution in [3.05, 3.63) is 22.7 Å². The van der Waals surface area contributed by atoms with Gasteiger partial charge in [-0.05, 0) is 12.1 Å². The van der Waals surface area contributed by atoms with Crippen LogP contribution in [0.15, 0.2) is 22.5 Å². The molecule has 6 nitrogen and oxygen atoms in total. The van der Waals surface area contributed by atoms with Crippen LogP contribution < -0.4 is 0 Å². The van der Waals surface area contributed by atoms with Crippen molar-refractivity contribution in [2.75, 3.05) is 18.7 Å². The molecule has 3 rings (SSSR count). The van der Waals surface area contributed by atoms with Crippen LogP contribution in [0.3, 0.4) is 0 Å². The number of aromatic nitrogens is 1. The first kappa shape index (κ1) is 16.0. The molecule has 0 N–H and O–H groups in total. The number of fused-ring (bicyclic) bond motifs is 1. The van der Waals surface area contributed by atoms with Crippen LogP contribution in [0, 0.1) is 0 Å². The van der Waals surface area contributed by atoms with Crippen LogP contribution >= 0.6 is 34.7 Å². The minimum Gasteiger partial charge on any atom is -0.468 e. The summed E-state index contributed by atoms with van der Waals surface area (Å²) in [4.78, 5) is 15.9. The molecule has 0 aliphatic carbocycles. The highest BCUT2D eigenvalue weighted by Crippen LogP contribution is 2.36. The minimum atomic E-state index is -3.95. The Morgan fingerprint density at radius 1 is 1.50 bits per heavy atom. The van der Waals surface area contributed by atoms with E-state index in [2.05, 4.69) is 4.98 Å². The van der Waals surface area contributed by atoms with Crippen molar-refractivity contribution in [2.45, 2.75) is 10.9 Å². The first-order chi connectivity index (χ1) is 10.5. The molecule has 1 unspecified atom stereocenters. The summed E-state index contributed by atoms with van der Waals surface area (Å²) >= 11 is 8.80. The Morgan fingerprint density at radius 2 is 2.27 bits per heavy atom. The fourth-order valence-electron chi connectivity index (χ4n) is 2.23. The lowest BCUT2D eigenvalue weighted by Gasteiger charge is -2.21. The van der Waals surface area contributed by atoms with E-state index >= 15 is 0 Å². The Hall–Kier alpha value is -0.870. The number of rotatable bonds is 3. The van der Waals surface area contributed by atoms with Gasteiger partial charge in [0.05, 0.1) is 28.2 Å². The summed E-state index contributed by atoms with van der Waals surface area (Å²) in [5.41, 5.74) is 1.90. The maximum Gasteiger partial charge on any atom is 0.325 e. The van der Waals surface area contributed by atoms with Crippen molar-refractivity contribution < 1.29 is 17.9 Å². The number of thiazole rings is 1. The second-order valence-corrected chi connectivity index (χ2v) is 8.63. The Bertz CT molecular complexity index is 836. The van der Waals surface area contributed by atoms with Gasteiger partial charge >= 0.3 is 5.97 Å². The van der Waals surface area contributed by atoms with E-state index in [0.29, 0.717) is 11.3 Å². The lowest BCUT2D eigenvalue weighted by molar-refractivity contribution is -0.143. The van der Waals surface area contributed by atoms with E-state index in [9.17, 15) is 13.2 Å². The van der Waals surface area contributed by atoms with Crippen LogP contribution in [0.2, 0.25) is 5.02 Å². The van der Waals surface area contributed by atoms with Crippen LogP contribution in [0.1, 0.15) is 0 Å². The SMILES string of the molecule is COC(=O)C1CSCN1S(=O)(=O)c1c(Cl)ccc2scnc12. The average molecular weight is 379 g/mol. The van der Waals surface area contributed by atoms with E-state index < -0.39 is 22.0 Å². The first-order valence-electron chi connectivity index (χ1n) is 6.16. The second-order valence-electron chi connectivity index (χ2n) is 4.51. The van der Waals surface area contributed by atoms with Gasteiger partial charge in [0.25, 0.3) is 0 Å². The van der Waals surface area contributed by atoms with Crippen LogP contribution in [0.25, 0.3) is 10.2 Å². The maximum absolute atomic E-state index is 13.0. The molecular weight excluding hydrogens is 368 g/mol. The van der Waals surface area contributed by atoms with Crippen molar-refractivity contribution in [1.29, 1.82) is 0 Å². The van der Waals surface area contributed by atoms with E-state index in [0.717, 1.165) is 9.01 Å². The third-order valence-electron chi connectivity index (χ3n) is 3.29.